The molecule has 1 aromatic rings. The molecule has 116 valence electrons. The number of nitrogens with one attached hydrogen (secondary N) is 1. The summed E-state index contributed by atoms with van der Waals surface area (Å²) in [7, 11) is 0. The van der Waals surface area contributed by atoms with Crippen LogP contribution in [0.4, 0.5) is 5.82 Å². The molecule has 0 radical (unpaired) electrons. The second kappa shape index (κ2) is 5.23. The number of aromatic amines is 1. The molecule has 0 aliphatic carbocycles. The standard InChI is InChI=1S/C14H23N5OS/c1-9(2)16-5-11-12(21)15-14(20)19-8-17(10(3)4)7-18(6-16)13(11)19/h9-10H,5-8H2,1-4H3,(H,15,20,21). The topological polar surface area (TPSA) is 47.5 Å². The molecule has 1 aromatic heterocycles. The molecule has 0 spiro atoms. The first-order valence-electron chi connectivity index (χ1n) is 7.47. The zero-order valence-corrected chi connectivity index (χ0v) is 13.9. The molecule has 0 unspecified atom stereocenters. The Morgan fingerprint density at radius 2 is 1.67 bits per heavy atom. The predicted molar refractivity (Wildman–Crippen MR) is 85.8 cm³/mol. The SMILES string of the molecule is CC(C)N1Cc2c3n(c(=O)[nH]c2=S)CN(C(C)C)CN3C1. The molecule has 0 atom stereocenters. The van der Waals surface area contributed by atoms with Crippen molar-refractivity contribution in [2.45, 2.75) is 53.0 Å². The van der Waals surface area contributed by atoms with Gasteiger partial charge < -0.3 is 4.90 Å². The van der Waals surface area contributed by atoms with Gasteiger partial charge in [-0.05, 0) is 27.7 Å². The van der Waals surface area contributed by atoms with E-state index in [4.69, 9.17) is 12.2 Å². The summed E-state index contributed by atoms with van der Waals surface area (Å²) in [4.78, 5) is 22.1. The van der Waals surface area contributed by atoms with E-state index in [9.17, 15) is 4.79 Å². The highest BCUT2D eigenvalue weighted by Crippen LogP contribution is 2.30. The third kappa shape index (κ3) is 2.43. The lowest BCUT2D eigenvalue weighted by Gasteiger charge is -2.47. The van der Waals surface area contributed by atoms with Gasteiger partial charge in [-0.3, -0.25) is 19.4 Å². The lowest BCUT2D eigenvalue weighted by atomic mass is 10.1. The van der Waals surface area contributed by atoms with E-state index >= 15 is 0 Å². The zero-order valence-electron chi connectivity index (χ0n) is 13.1. The van der Waals surface area contributed by atoms with Gasteiger partial charge in [-0.1, -0.05) is 12.2 Å². The lowest BCUT2D eigenvalue weighted by Crippen LogP contribution is -2.57. The van der Waals surface area contributed by atoms with Crippen LogP contribution in [-0.4, -0.2) is 44.8 Å². The van der Waals surface area contributed by atoms with E-state index in [1.54, 1.807) is 0 Å². The number of hydrogen-bond acceptors (Lipinski definition) is 5. The first-order chi connectivity index (χ1) is 9.88. The fourth-order valence-corrected chi connectivity index (χ4v) is 3.25. The Morgan fingerprint density at radius 1 is 1.05 bits per heavy atom. The fourth-order valence-electron chi connectivity index (χ4n) is 3.01. The van der Waals surface area contributed by atoms with Crippen molar-refractivity contribution in [2.24, 2.45) is 0 Å². The monoisotopic (exact) mass is 309 g/mol. The summed E-state index contributed by atoms with van der Waals surface area (Å²) in [5, 5.41) is 0. The van der Waals surface area contributed by atoms with Crippen molar-refractivity contribution in [1.29, 1.82) is 0 Å². The third-order valence-electron chi connectivity index (χ3n) is 4.41. The van der Waals surface area contributed by atoms with E-state index < -0.39 is 0 Å². The third-order valence-corrected chi connectivity index (χ3v) is 4.76. The van der Waals surface area contributed by atoms with Crippen LogP contribution in [0, 0.1) is 4.64 Å². The molecule has 0 amide bonds. The van der Waals surface area contributed by atoms with Crippen molar-refractivity contribution in [3.8, 4) is 0 Å². The van der Waals surface area contributed by atoms with Gasteiger partial charge in [-0.15, -0.1) is 0 Å². The summed E-state index contributed by atoms with van der Waals surface area (Å²) in [5.41, 5.74) is 0.972. The fraction of sp³-hybridized carbons (Fsp3) is 0.714. The molecule has 7 heteroatoms. The van der Waals surface area contributed by atoms with Crippen LogP contribution in [-0.2, 0) is 13.2 Å². The van der Waals surface area contributed by atoms with Crippen LogP contribution >= 0.6 is 12.2 Å². The van der Waals surface area contributed by atoms with E-state index in [2.05, 4.69) is 47.4 Å². The van der Waals surface area contributed by atoms with Crippen molar-refractivity contribution in [3.05, 3.63) is 20.7 Å². The van der Waals surface area contributed by atoms with Crippen molar-refractivity contribution >= 4 is 18.0 Å². The van der Waals surface area contributed by atoms with Gasteiger partial charge in [0.15, 0.2) is 0 Å². The maximum absolute atomic E-state index is 12.3. The van der Waals surface area contributed by atoms with Crippen LogP contribution < -0.4 is 10.6 Å². The van der Waals surface area contributed by atoms with Gasteiger partial charge in [0.2, 0.25) is 0 Å². The van der Waals surface area contributed by atoms with Gasteiger partial charge in [0.05, 0.1) is 20.0 Å². The highest BCUT2D eigenvalue weighted by Gasteiger charge is 2.33. The summed E-state index contributed by atoms with van der Waals surface area (Å²) in [6, 6.07) is 0.841. The molecular formula is C14H23N5OS. The minimum atomic E-state index is -0.105. The quantitative estimate of drug-likeness (QED) is 0.840. The Hall–Kier alpha value is -1.18. The Kier molecular flexibility index (Phi) is 3.67. The zero-order chi connectivity index (χ0) is 15.3. The van der Waals surface area contributed by atoms with Gasteiger partial charge >= 0.3 is 5.69 Å². The second-order valence-electron chi connectivity index (χ2n) is 6.48. The van der Waals surface area contributed by atoms with Crippen LogP contribution in [0.5, 0.6) is 0 Å². The largest absolute Gasteiger partial charge is 0.331 e. The number of nitrogens with zero attached hydrogens (tertiary/aromatic N) is 4. The van der Waals surface area contributed by atoms with Crippen LogP contribution in [0.3, 0.4) is 0 Å². The minimum absolute atomic E-state index is 0.105. The lowest BCUT2D eigenvalue weighted by molar-refractivity contribution is 0.116. The Balaban J connectivity index is 2.14. The summed E-state index contributed by atoms with van der Waals surface area (Å²) < 4.78 is 2.41. The van der Waals surface area contributed by atoms with Crippen molar-refractivity contribution in [1.82, 2.24) is 19.4 Å². The Bertz CT molecular complexity index is 610. The van der Waals surface area contributed by atoms with Crippen molar-refractivity contribution in [2.75, 3.05) is 18.2 Å². The Morgan fingerprint density at radius 3 is 2.29 bits per heavy atom. The molecule has 0 bridgehead atoms. The number of aromatic nitrogens is 2. The number of H-pyrrole nitrogens is 1. The summed E-state index contributed by atoms with van der Waals surface area (Å²) in [5.74, 6) is 1.01. The van der Waals surface area contributed by atoms with E-state index in [0.29, 0.717) is 23.4 Å². The average molecular weight is 309 g/mol. The summed E-state index contributed by atoms with van der Waals surface area (Å²) in [6.45, 7) is 11.8. The number of anilines is 1. The molecule has 0 saturated carbocycles. The molecule has 6 nitrogen and oxygen atoms in total. The number of rotatable bonds is 2. The normalized spacial score (nSPS) is 19.4. The molecular weight excluding hydrogens is 286 g/mol. The van der Waals surface area contributed by atoms with Crippen LogP contribution in [0.1, 0.15) is 33.3 Å². The molecule has 2 aliphatic rings. The average Bonchev–Trinajstić information content (AvgIpc) is 2.43. The first-order valence-corrected chi connectivity index (χ1v) is 7.88. The predicted octanol–water partition coefficient (Wildman–Crippen LogP) is 1.53. The Labute approximate surface area is 130 Å². The van der Waals surface area contributed by atoms with Gasteiger partial charge in [0, 0.05) is 24.2 Å². The minimum Gasteiger partial charge on any atom is -0.331 e. The second-order valence-corrected chi connectivity index (χ2v) is 6.88. The van der Waals surface area contributed by atoms with Crippen LogP contribution in [0.25, 0.3) is 0 Å². The summed E-state index contributed by atoms with van der Waals surface area (Å²) >= 11 is 5.40. The van der Waals surface area contributed by atoms with Gasteiger partial charge in [-0.25, -0.2) is 4.79 Å². The highest BCUT2D eigenvalue weighted by atomic mass is 32.1. The first kappa shape index (κ1) is 14.7. The number of hydrogen-bond donors (Lipinski definition) is 1. The molecule has 1 N–H and O–H groups in total. The molecule has 2 aliphatic heterocycles. The maximum atomic E-state index is 12.3. The van der Waals surface area contributed by atoms with Crippen molar-refractivity contribution < 1.29 is 0 Å². The van der Waals surface area contributed by atoms with Gasteiger partial charge in [-0.2, -0.15) is 0 Å². The van der Waals surface area contributed by atoms with Gasteiger partial charge in [0.1, 0.15) is 10.5 Å². The van der Waals surface area contributed by atoms with Crippen LogP contribution in [0.15, 0.2) is 4.79 Å². The van der Waals surface area contributed by atoms with E-state index in [-0.39, 0.29) is 5.69 Å². The van der Waals surface area contributed by atoms with E-state index in [0.717, 1.165) is 31.3 Å². The molecule has 0 saturated heterocycles. The molecule has 3 heterocycles. The van der Waals surface area contributed by atoms with E-state index in [1.165, 1.54) is 0 Å². The van der Waals surface area contributed by atoms with Crippen molar-refractivity contribution in [3.63, 3.8) is 0 Å². The van der Waals surface area contributed by atoms with Gasteiger partial charge in [0.25, 0.3) is 0 Å². The maximum Gasteiger partial charge on any atom is 0.329 e. The van der Waals surface area contributed by atoms with E-state index in [1.807, 2.05) is 4.57 Å². The molecule has 0 fully saturated rings. The molecule has 3 rings (SSSR count). The molecule has 21 heavy (non-hydrogen) atoms. The highest BCUT2D eigenvalue weighted by molar-refractivity contribution is 7.71. The molecule has 0 aromatic carbocycles. The summed E-state index contributed by atoms with van der Waals surface area (Å²) in [6.07, 6.45) is 0. The van der Waals surface area contributed by atoms with Crippen LogP contribution in [0.2, 0.25) is 0 Å². The smallest absolute Gasteiger partial charge is 0.329 e.